The van der Waals surface area contributed by atoms with Crippen molar-refractivity contribution < 1.29 is 14.3 Å². The number of nitrogens with two attached hydrogens (primary N) is 1. The van der Waals surface area contributed by atoms with Gasteiger partial charge < -0.3 is 20.1 Å². The van der Waals surface area contributed by atoms with Gasteiger partial charge >= 0.3 is 0 Å². The molecule has 0 aliphatic heterocycles. The quantitative estimate of drug-likeness (QED) is 0.505. The Bertz CT molecular complexity index is 1110. The number of aryl methyl sites for hydroxylation is 1. The first-order valence-electron chi connectivity index (χ1n) is 10.8. The molecule has 32 heavy (non-hydrogen) atoms. The lowest BCUT2D eigenvalue weighted by Gasteiger charge is -2.23. The van der Waals surface area contributed by atoms with Crippen LogP contribution >= 0.6 is 11.3 Å². The molecule has 1 heterocycles. The van der Waals surface area contributed by atoms with Crippen molar-refractivity contribution in [2.45, 2.75) is 26.2 Å². The second kappa shape index (κ2) is 9.61. The Hall–Kier alpha value is -3.06. The van der Waals surface area contributed by atoms with Crippen LogP contribution in [0.5, 0.6) is 11.5 Å². The number of aromatic nitrogens is 1. The third kappa shape index (κ3) is 5.05. The summed E-state index contributed by atoms with van der Waals surface area (Å²) < 4.78 is 10.8. The number of thiazole rings is 1. The molecular formula is C25H29N3O3S. The molecule has 168 valence electrons. The van der Waals surface area contributed by atoms with Crippen molar-refractivity contribution in [2.75, 3.05) is 33.0 Å². The third-order valence-corrected chi connectivity index (χ3v) is 6.64. The number of nitrogens with zero attached hydrogens (tertiary/aromatic N) is 2. The van der Waals surface area contributed by atoms with Crippen molar-refractivity contribution in [3.63, 3.8) is 0 Å². The zero-order valence-electron chi connectivity index (χ0n) is 18.8. The first kappa shape index (κ1) is 22.1. The van der Waals surface area contributed by atoms with Crippen LogP contribution in [0, 0.1) is 12.8 Å². The number of anilines is 1. The minimum atomic E-state index is -0.0539. The van der Waals surface area contributed by atoms with Gasteiger partial charge in [0.15, 0.2) is 16.6 Å². The maximum atomic E-state index is 13.6. The standard InChI is InChI=1S/C25H29N3O3S/c1-16-5-4-6-19(13-16)23-22(27-25(26)32-23)24(29)28(15-18-7-8-18)12-11-17-9-10-20(30-2)21(14-17)31-3/h4-6,9-10,13-14,18H,7-8,11-12,15H2,1-3H3,(H2,26,27). The molecule has 0 bridgehead atoms. The smallest absolute Gasteiger partial charge is 0.274 e. The average Bonchev–Trinajstić information content (AvgIpc) is 3.54. The average molecular weight is 452 g/mol. The molecule has 2 aromatic carbocycles. The summed E-state index contributed by atoms with van der Waals surface area (Å²) in [7, 11) is 3.25. The first-order valence-corrected chi connectivity index (χ1v) is 11.6. The summed E-state index contributed by atoms with van der Waals surface area (Å²) >= 11 is 1.37. The Labute approximate surface area is 193 Å². The topological polar surface area (TPSA) is 77.7 Å². The number of carbonyl (C=O) groups is 1. The molecule has 1 aromatic heterocycles. The molecule has 1 aliphatic rings. The predicted molar refractivity (Wildman–Crippen MR) is 129 cm³/mol. The fourth-order valence-corrected chi connectivity index (χ4v) is 4.62. The van der Waals surface area contributed by atoms with E-state index in [0.717, 1.165) is 34.5 Å². The highest BCUT2D eigenvalue weighted by molar-refractivity contribution is 7.19. The Morgan fingerprint density at radius 2 is 1.94 bits per heavy atom. The van der Waals surface area contributed by atoms with Crippen LogP contribution in [0.4, 0.5) is 5.13 Å². The van der Waals surface area contributed by atoms with E-state index in [9.17, 15) is 4.79 Å². The molecule has 2 N–H and O–H groups in total. The van der Waals surface area contributed by atoms with Gasteiger partial charge in [-0.2, -0.15) is 0 Å². The molecule has 1 saturated carbocycles. The van der Waals surface area contributed by atoms with Gasteiger partial charge in [0.05, 0.1) is 19.1 Å². The van der Waals surface area contributed by atoms with E-state index in [0.29, 0.717) is 34.8 Å². The number of rotatable bonds is 9. The molecule has 7 heteroatoms. The van der Waals surface area contributed by atoms with Crippen LogP contribution in [0.2, 0.25) is 0 Å². The molecule has 1 fully saturated rings. The summed E-state index contributed by atoms with van der Waals surface area (Å²) in [6, 6.07) is 14.0. The highest BCUT2D eigenvalue weighted by atomic mass is 32.1. The molecule has 4 rings (SSSR count). The summed E-state index contributed by atoms with van der Waals surface area (Å²) in [5.74, 6) is 1.91. The summed E-state index contributed by atoms with van der Waals surface area (Å²) in [6.07, 6.45) is 3.06. The number of nitrogen functional groups attached to an aromatic ring is 1. The van der Waals surface area contributed by atoms with E-state index >= 15 is 0 Å². The molecule has 1 aliphatic carbocycles. The number of benzene rings is 2. The van der Waals surface area contributed by atoms with Crippen LogP contribution in [0.15, 0.2) is 42.5 Å². The Morgan fingerprint density at radius 3 is 2.62 bits per heavy atom. The molecule has 0 unspecified atom stereocenters. The highest BCUT2D eigenvalue weighted by Crippen LogP contribution is 2.35. The van der Waals surface area contributed by atoms with Crippen LogP contribution in [-0.2, 0) is 6.42 Å². The van der Waals surface area contributed by atoms with Crippen LogP contribution < -0.4 is 15.2 Å². The molecule has 1 amide bonds. The summed E-state index contributed by atoms with van der Waals surface area (Å²) in [5, 5.41) is 0.413. The number of amides is 1. The maximum absolute atomic E-state index is 13.6. The summed E-state index contributed by atoms with van der Waals surface area (Å²) in [5.41, 5.74) is 9.70. The third-order valence-electron chi connectivity index (χ3n) is 5.71. The monoisotopic (exact) mass is 451 g/mol. The Kier molecular flexibility index (Phi) is 6.65. The number of methoxy groups -OCH3 is 2. The predicted octanol–water partition coefficient (Wildman–Crippen LogP) is 4.81. The van der Waals surface area contributed by atoms with Crippen LogP contribution in [0.3, 0.4) is 0 Å². The van der Waals surface area contributed by atoms with Crippen LogP contribution in [-0.4, -0.2) is 43.1 Å². The van der Waals surface area contributed by atoms with Crippen molar-refractivity contribution in [3.8, 4) is 21.9 Å². The van der Waals surface area contributed by atoms with E-state index in [1.165, 1.54) is 24.2 Å². The van der Waals surface area contributed by atoms with E-state index in [2.05, 4.69) is 11.1 Å². The lowest BCUT2D eigenvalue weighted by atomic mass is 10.1. The van der Waals surface area contributed by atoms with Gasteiger partial charge in [-0.25, -0.2) is 4.98 Å². The zero-order chi connectivity index (χ0) is 22.7. The van der Waals surface area contributed by atoms with E-state index in [4.69, 9.17) is 15.2 Å². The Balaban J connectivity index is 1.57. The maximum Gasteiger partial charge on any atom is 0.274 e. The highest BCUT2D eigenvalue weighted by Gasteiger charge is 2.30. The van der Waals surface area contributed by atoms with E-state index in [1.807, 2.05) is 48.2 Å². The minimum absolute atomic E-state index is 0.0539. The molecule has 0 saturated heterocycles. The largest absolute Gasteiger partial charge is 0.493 e. The van der Waals surface area contributed by atoms with Gasteiger partial charge in [0.1, 0.15) is 5.69 Å². The lowest BCUT2D eigenvalue weighted by molar-refractivity contribution is 0.0745. The number of carbonyl (C=O) groups excluding carboxylic acids is 1. The van der Waals surface area contributed by atoms with Gasteiger partial charge in [-0.15, -0.1) is 0 Å². The van der Waals surface area contributed by atoms with Gasteiger partial charge in [-0.1, -0.05) is 47.2 Å². The van der Waals surface area contributed by atoms with Crippen molar-refractivity contribution in [2.24, 2.45) is 5.92 Å². The van der Waals surface area contributed by atoms with Gasteiger partial charge in [0.25, 0.3) is 5.91 Å². The summed E-state index contributed by atoms with van der Waals surface area (Å²) in [4.78, 5) is 20.8. The molecule has 0 spiro atoms. The molecule has 6 nitrogen and oxygen atoms in total. The van der Waals surface area contributed by atoms with Crippen LogP contribution in [0.1, 0.15) is 34.5 Å². The SMILES string of the molecule is COc1ccc(CCN(CC2CC2)C(=O)c2nc(N)sc2-c2cccc(C)c2)cc1OC. The van der Waals surface area contributed by atoms with Gasteiger partial charge in [0.2, 0.25) is 0 Å². The van der Waals surface area contributed by atoms with Crippen LogP contribution in [0.25, 0.3) is 10.4 Å². The number of ether oxygens (including phenoxy) is 2. The normalized spacial score (nSPS) is 13.1. The number of hydrogen-bond donors (Lipinski definition) is 1. The molecule has 3 aromatic rings. The van der Waals surface area contributed by atoms with Crippen molar-refractivity contribution in [3.05, 3.63) is 59.3 Å². The molecular weight excluding hydrogens is 422 g/mol. The Morgan fingerprint density at radius 1 is 1.16 bits per heavy atom. The second-order valence-electron chi connectivity index (χ2n) is 8.23. The minimum Gasteiger partial charge on any atom is -0.493 e. The fraction of sp³-hybridized carbons (Fsp3) is 0.360. The van der Waals surface area contributed by atoms with E-state index < -0.39 is 0 Å². The van der Waals surface area contributed by atoms with Crippen molar-refractivity contribution >= 4 is 22.4 Å². The van der Waals surface area contributed by atoms with E-state index in [1.54, 1.807) is 14.2 Å². The molecule has 0 radical (unpaired) electrons. The van der Waals surface area contributed by atoms with Crippen molar-refractivity contribution in [1.29, 1.82) is 0 Å². The van der Waals surface area contributed by atoms with Gasteiger partial charge in [0, 0.05) is 13.1 Å². The summed E-state index contributed by atoms with van der Waals surface area (Å²) in [6.45, 7) is 3.39. The van der Waals surface area contributed by atoms with Gasteiger partial charge in [-0.05, 0) is 55.4 Å². The second-order valence-corrected chi connectivity index (χ2v) is 9.26. The van der Waals surface area contributed by atoms with Gasteiger partial charge in [-0.3, -0.25) is 4.79 Å². The van der Waals surface area contributed by atoms with Crippen molar-refractivity contribution in [1.82, 2.24) is 9.88 Å². The first-order chi connectivity index (χ1) is 15.5. The fourth-order valence-electron chi connectivity index (χ4n) is 3.80. The lowest BCUT2D eigenvalue weighted by Crippen LogP contribution is -2.35. The molecule has 0 atom stereocenters. The zero-order valence-corrected chi connectivity index (χ0v) is 19.6. The van der Waals surface area contributed by atoms with E-state index in [-0.39, 0.29) is 5.91 Å². The number of hydrogen-bond acceptors (Lipinski definition) is 6.